The Morgan fingerprint density at radius 2 is 1.57 bits per heavy atom. The summed E-state index contributed by atoms with van der Waals surface area (Å²) in [5, 5.41) is 4.05. The van der Waals surface area contributed by atoms with Crippen LogP contribution in [0, 0.1) is 0 Å². The van der Waals surface area contributed by atoms with Gasteiger partial charge < -0.3 is 13.9 Å². The number of carbonyl (C=O) groups is 2. The Kier molecular flexibility index (Phi) is 9.94. The van der Waals surface area contributed by atoms with E-state index in [1.807, 2.05) is 30.3 Å². The maximum absolute atomic E-state index is 14.0. The number of esters is 1. The van der Waals surface area contributed by atoms with Gasteiger partial charge in [-0.05, 0) is 73.2 Å². The summed E-state index contributed by atoms with van der Waals surface area (Å²) in [6.07, 6.45) is 1.34. The van der Waals surface area contributed by atoms with E-state index in [4.69, 9.17) is 13.9 Å². The largest absolute Gasteiger partial charge is 0.497 e. The second-order valence-electron chi connectivity index (χ2n) is 9.89. The van der Waals surface area contributed by atoms with Crippen molar-refractivity contribution in [1.29, 1.82) is 0 Å². The van der Waals surface area contributed by atoms with E-state index in [1.165, 1.54) is 35.8 Å². The highest BCUT2D eigenvalue weighted by molar-refractivity contribution is 7.92. The molecule has 0 bridgehead atoms. The number of anilines is 1. The predicted molar refractivity (Wildman–Crippen MR) is 174 cm³/mol. The van der Waals surface area contributed by atoms with Crippen molar-refractivity contribution in [3.63, 3.8) is 0 Å². The van der Waals surface area contributed by atoms with E-state index in [1.54, 1.807) is 73.7 Å². The van der Waals surface area contributed by atoms with Crippen LogP contribution in [0.4, 0.5) is 5.69 Å². The number of rotatable bonds is 12. The van der Waals surface area contributed by atoms with Gasteiger partial charge in [-0.1, -0.05) is 54.6 Å². The molecule has 1 N–H and O–H groups in total. The van der Waals surface area contributed by atoms with Crippen molar-refractivity contribution in [2.24, 2.45) is 5.10 Å². The van der Waals surface area contributed by atoms with Gasteiger partial charge in [-0.3, -0.25) is 9.10 Å². The van der Waals surface area contributed by atoms with E-state index >= 15 is 0 Å². The zero-order chi connectivity index (χ0) is 32.5. The molecule has 5 aromatic rings. The molecule has 0 radical (unpaired) electrons. The molecule has 1 amide bonds. The number of carbonyl (C=O) groups excluding carboxylic acids is 2. The minimum Gasteiger partial charge on any atom is -0.497 e. The van der Waals surface area contributed by atoms with Gasteiger partial charge in [0.15, 0.2) is 0 Å². The lowest BCUT2D eigenvalue weighted by atomic mass is 10.1. The van der Waals surface area contributed by atoms with Crippen LogP contribution in [0.2, 0.25) is 0 Å². The van der Waals surface area contributed by atoms with E-state index in [2.05, 4.69) is 10.5 Å². The Balaban J connectivity index is 1.37. The Bertz CT molecular complexity index is 1940. The van der Waals surface area contributed by atoms with Crippen molar-refractivity contribution in [3.05, 3.63) is 138 Å². The Morgan fingerprint density at radius 1 is 0.870 bits per heavy atom. The summed E-state index contributed by atoms with van der Waals surface area (Å²) >= 11 is 0. The molecular weight excluding hydrogens is 606 g/mol. The maximum Gasteiger partial charge on any atom is 0.338 e. The second kappa shape index (κ2) is 14.4. The first-order chi connectivity index (χ1) is 22.3. The van der Waals surface area contributed by atoms with Gasteiger partial charge in [-0.2, -0.15) is 5.10 Å². The highest BCUT2D eigenvalue weighted by atomic mass is 32.2. The third-order valence-corrected chi connectivity index (χ3v) is 8.67. The maximum atomic E-state index is 14.0. The van der Waals surface area contributed by atoms with Gasteiger partial charge in [-0.15, -0.1) is 0 Å². The number of para-hydroxylation sites is 1. The number of hydrazone groups is 1. The van der Waals surface area contributed by atoms with Crippen LogP contribution in [0.1, 0.15) is 39.0 Å². The monoisotopic (exact) mass is 637 g/mol. The highest BCUT2D eigenvalue weighted by Crippen LogP contribution is 2.30. The Morgan fingerprint density at radius 3 is 2.26 bits per heavy atom. The number of nitrogens with zero attached hydrogens (tertiary/aromatic N) is 2. The van der Waals surface area contributed by atoms with Crippen LogP contribution >= 0.6 is 0 Å². The van der Waals surface area contributed by atoms with Crippen LogP contribution in [0.5, 0.6) is 5.75 Å². The van der Waals surface area contributed by atoms with Crippen LogP contribution in [0.3, 0.4) is 0 Å². The standard InChI is InChI=1S/C35H31N3O7S/c1-3-44-35(40)27-15-13-26(14-16-27)33-22-19-29(45-33)23-36-37-34(39)31-11-7-8-12-32(31)38(24-25-9-5-4-6-10-25)46(41,42)30-20-17-28(43-2)18-21-30/h4-23H,3,24H2,1-2H3,(H,37,39)/b36-23-. The van der Waals surface area contributed by atoms with Crippen molar-refractivity contribution in [1.82, 2.24) is 5.43 Å². The second-order valence-corrected chi connectivity index (χ2v) is 11.8. The van der Waals surface area contributed by atoms with Gasteiger partial charge in [-0.25, -0.2) is 18.6 Å². The molecule has 5 rings (SSSR count). The molecular formula is C35H31N3O7S. The number of nitrogens with one attached hydrogen (secondary N) is 1. The first-order valence-electron chi connectivity index (χ1n) is 14.3. The summed E-state index contributed by atoms with van der Waals surface area (Å²) < 4.78 is 45.2. The molecule has 1 heterocycles. The summed E-state index contributed by atoms with van der Waals surface area (Å²) in [4.78, 5) is 25.3. The number of ether oxygens (including phenoxy) is 2. The molecule has 0 saturated heterocycles. The topological polar surface area (TPSA) is 128 Å². The molecule has 0 unspecified atom stereocenters. The molecule has 0 aliphatic carbocycles. The molecule has 4 aromatic carbocycles. The molecule has 0 spiro atoms. The van der Waals surface area contributed by atoms with Gasteiger partial charge in [0.2, 0.25) is 0 Å². The summed E-state index contributed by atoms with van der Waals surface area (Å²) in [5.74, 6) is 0.401. The molecule has 0 aliphatic rings. The van der Waals surface area contributed by atoms with E-state index in [-0.39, 0.29) is 22.7 Å². The fourth-order valence-corrected chi connectivity index (χ4v) is 6.06. The highest BCUT2D eigenvalue weighted by Gasteiger charge is 2.28. The third kappa shape index (κ3) is 7.33. The molecule has 0 saturated carbocycles. The van der Waals surface area contributed by atoms with Crippen LogP contribution in [-0.2, 0) is 21.3 Å². The van der Waals surface area contributed by atoms with Crippen LogP contribution in [-0.4, -0.2) is 40.2 Å². The lowest BCUT2D eigenvalue weighted by Gasteiger charge is -2.26. The number of furan rings is 1. The minimum atomic E-state index is -4.11. The van der Waals surface area contributed by atoms with Gasteiger partial charge in [0.1, 0.15) is 17.3 Å². The fraction of sp³-hybridized carbons (Fsp3) is 0.114. The normalized spacial score (nSPS) is 11.3. The SMILES string of the molecule is CCOC(=O)c1ccc(-c2ccc(/C=N\NC(=O)c3ccccc3N(Cc3ccccc3)S(=O)(=O)c3ccc(OC)cc3)o2)cc1. The summed E-state index contributed by atoms with van der Waals surface area (Å²) in [6, 6.07) is 31.8. The van der Waals surface area contributed by atoms with Crippen molar-refractivity contribution in [2.75, 3.05) is 18.0 Å². The van der Waals surface area contributed by atoms with E-state index in [0.717, 1.165) is 11.1 Å². The molecule has 0 atom stereocenters. The average Bonchev–Trinajstić information content (AvgIpc) is 3.56. The number of methoxy groups -OCH3 is 1. The van der Waals surface area contributed by atoms with E-state index < -0.39 is 21.9 Å². The lowest BCUT2D eigenvalue weighted by Crippen LogP contribution is -2.33. The number of hydrogen-bond donors (Lipinski definition) is 1. The number of amides is 1. The van der Waals surface area contributed by atoms with Crippen molar-refractivity contribution in [3.8, 4) is 17.1 Å². The van der Waals surface area contributed by atoms with Crippen LogP contribution in [0.15, 0.2) is 130 Å². The third-order valence-electron chi connectivity index (χ3n) is 6.90. The number of hydrogen-bond acceptors (Lipinski definition) is 8. The minimum absolute atomic E-state index is 0.0152. The van der Waals surface area contributed by atoms with Crippen LogP contribution in [0.25, 0.3) is 11.3 Å². The Hall–Kier alpha value is -5.68. The van der Waals surface area contributed by atoms with Crippen LogP contribution < -0.4 is 14.5 Å². The molecule has 1 aromatic heterocycles. The average molecular weight is 638 g/mol. The first-order valence-corrected chi connectivity index (χ1v) is 15.7. The van der Waals surface area contributed by atoms with Gasteiger partial charge >= 0.3 is 5.97 Å². The summed E-state index contributed by atoms with van der Waals surface area (Å²) in [6.45, 7) is 2.02. The van der Waals surface area contributed by atoms with E-state index in [9.17, 15) is 18.0 Å². The predicted octanol–water partition coefficient (Wildman–Crippen LogP) is 6.29. The van der Waals surface area contributed by atoms with Gasteiger partial charge in [0, 0.05) is 5.56 Å². The van der Waals surface area contributed by atoms with Gasteiger partial charge in [0.25, 0.3) is 15.9 Å². The molecule has 0 aliphatic heterocycles. The molecule has 11 heteroatoms. The molecule has 234 valence electrons. The zero-order valence-corrected chi connectivity index (χ0v) is 25.9. The van der Waals surface area contributed by atoms with Gasteiger partial charge in [0.05, 0.1) is 48.2 Å². The fourth-order valence-electron chi connectivity index (χ4n) is 4.58. The van der Waals surface area contributed by atoms with Crippen molar-refractivity contribution < 1.29 is 31.9 Å². The number of sulfonamides is 1. The Labute approximate surface area is 266 Å². The van der Waals surface area contributed by atoms with E-state index in [0.29, 0.717) is 29.4 Å². The smallest absolute Gasteiger partial charge is 0.338 e. The lowest BCUT2D eigenvalue weighted by molar-refractivity contribution is 0.0526. The van der Waals surface area contributed by atoms with Crippen molar-refractivity contribution >= 4 is 33.8 Å². The quantitative estimate of drug-likeness (QED) is 0.0967. The first kappa shape index (κ1) is 31.7. The van der Waals surface area contributed by atoms with Crippen molar-refractivity contribution in [2.45, 2.75) is 18.4 Å². The number of benzene rings is 4. The summed E-state index contributed by atoms with van der Waals surface area (Å²) in [7, 11) is -2.61. The molecule has 46 heavy (non-hydrogen) atoms. The molecule has 0 fully saturated rings. The molecule has 10 nitrogen and oxygen atoms in total. The summed E-state index contributed by atoms with van der Waals surface area (Å²) in [5.41, 5.74) is 4.67. The zero-order valence-electron chi connectivity index (χ0n) is 25.1.